The number of hydrogen-bond donors (Lipinski definition) is 2. The van der Waals surface area contributed by atoms with E-state index in [1.165, 1.54) is 18.2 Å². The zero-order valence-corrected chi connectivity index (χ0v) is 13.7. The minimum absolute atomic E-state index is 0.303. The standard InChI is InChI=1S/C16H20FN5O2/c1-3-6-24-14-7-10(17)4-5-12(14)19-16(23)22-8-11-13(9-22)20-21(2)15(11)18/h4-5,7H,3,6,8-9,18H2,1-2H3,(H,19,23). The maximum Gasteiger partial charge on any atom is 0.322 e. The Balaban J connectivity index is 1.72. The molecule has 7 nitrogen and oxygen atoms in total. The summed E-state index contributed by atoms with van der Waals surface area (Å²) in [6, 6.07) is 3.74. The predicted molar refractivity (Wildman–Crippen MR) is 88.1 cm³/mol. The van der Waals surface area contributed by atoms with E-state index in [4.69, 9.17) is 10.5 Å². The van der Waals surface area contributed by atoms with E-state index in [0.29, 0.717) is 37.0 Å². The third kappa shape index (κ3) is 2.99. The number of benzene rings is 1. The molecule has 1 aromatic carbocycles. The molecule has 0 unspecified atom stereocenters. The second kappa shape index (κ2) is 6.38. The first-order valence-electron chi connectivity index (χ1n) is 7.78. The van der Waals surface area contributed by atoms with Gasteiger partial charge in [-0.2, -0.15) is 5.10 Å². The fraction of sp³-hybridized carbons (Fsp3) is 0.375. The molecule has 2 aromatic rings. The molecule has 0 saturated heterocycles. The Morgan fingerprint density at radius 1 is 1.46 bits per heavy atom. The number of carbonyl (C=O) groups excluding carboxylic acids is 1. The second-order valence-electron chi connectivity index (χ2n) is 5.71. The highest BCUT2D eigenvalue weighted by atomic mass is 19.1. The smallest absolute Gasteiger partial charge is 0.322 e. The van der Waals surface area contributed by atoms with Crippen molar-refractivity contribution in [3.05, 3.63) is 35.3 Å². The van der Waals surface area contributed by atoms with E-state index in [9.17, 15) is 9.18 Å². The molecule has 1 aliphatic heterocycles. The van der Waals surface area contributed by atoms with Crippen molar-refractivity contribution in [2.24, 2.45) is 7.05 Å². The van der Waals surface area contributed by atoms with Gasteiger partial charge in [0.2, 0.25) is 0 Å². The normalized spacial score (nSPS) is 13.0. The number of fused-ring (bicyclic) bond motifs is 1. The minimum atomic E-state index is -0.412. The van der Waals surface area contributed by atoms with Gasteiger partial charge in [0.05, 0.1) is 31.1 Å². The Morgan fingerprint density at radius 3 is 2.96 bits per heavy atom. The molecular formula is C16H20FN5O2. The molecule has 24 heavy (non-hydrogen) atoms. The van der Waals surface area contributed by atoms with Crippen LogP contribution in [0.4, 0.5) is 20.7 Å². The van der Waals surface area contributed by atoms with Gasteiger partial charge in [-0.05, 0) is 18.6 Å². The van der Waals surface area contributed by atoms with Crippen LogP contribution in [0, 0.1) is 5.82 Å². The van der Waals surface area contributed by atoms with Crippen LogP contribution < -0.4 is 15.8 Å². The van der Waals surface area contributed by atoms with Crippen LogP contribution in [0.1, 0.15) is 24.6 Å². The molecule has 0 atom stereocenters. The Hall–Kier alpha value is -2.77. The average molecular weight is 333 g/mol. The van der Waals surface area contributed by atoms with E-state index >= 15 is 0 Å². The highest BCUT2D eigenvalue weighted by molar-refractivity contribution is 5.91. The number of nitrogens with zero attached hydrogens (tertiary/aromatic N) is 3. The van der Waals surface area contributed by atoms with Gasteiger partial charge in [-0.1, -0.05) is 6.92 Å². The number of ether oxygens (including phenoxy) is 1. The monoisotopic (exact) mass is 333 g/mol. The third-order valence-electron chi connectivity index (χ3n) is 3.90. The zero-order chi connectivity index (χ0) is 17.3. The van der Waals surface area contributed by atoms with Gasteiger partial charge in [-0.15, -0.1) is 0 Å². The number of aryl methyl sites for hydroxylation is 1. The number of urea groups is 1. The summed E-state index contributed by atoms with van der Waals surface area (Å²) in [5.74, 6) is 0.472. The van der Waals surface area contributed by atoms with Crippen LogP contribution in [0.5, 0.6) is 5.75 Å². The van der Waals surface area contributed by atoms with Crippen LogP contribution in [0.25, 0.3) is 0 Å². The summed E-state index contributed by atoms with van der Waals surface area (Å²) in [5, 5.41) is 7.06. The van der Waals surface area contributed by atoms with Gasteiger partial charge in [0, 0.05) is 18.7 Å². The summed E-state index contributed by atoms with van der Waals surface area (Å²) in [7, 11) is 1.77. The van der Waals surface area contributed by atoms with Crippen LogP contribution in [0.15, 0.2) is 18.2 Å². The lowest BCUT2D eigenvalue weighted by Gasteiger charge is -2.18. The van der Waals surface area contributed by atoms with E-state index in [0.717, 1.165) is 17.7 Å². The lowest BCUT2D eigenvalue weighted by atomic mass is 10.3. The molecule has 0 bridgehead atoms. The average Bonchev–Trinajstić information content (AvgIpc) is 3.08. The van der Waals surface area contributed by atoms with E-state index < -0.39 is 5.82 Å². The van der Waals surface area contributed by atoms with Crippen molar-refractivity contribution in [3.63, 3.8) is 0 Å². The molecule has 0 aliphatic carbocycles. The topological polar surface area (TPSA) is 85.4 Å². The Morgan fingerprint density at radius 2 is 2.25 bits per heavy atom. The van der Waals surface area contributed by atoms with Crippen molar-refractivity contribution < 1.29 is 13.9 Å². The number of hydrogen-bond acceptors (Lipinski definition) is 4. The third-order valence-corrected chi connectivity index (χ3v) is 3.90. The largest absolute Gasteiger partial charge is 0.491 e. The van der Waals surface area contributed by atoms with Crippen LogP contribution >= 0.6 is 0 Å². The molecule has 2 amide bonds. The highest BCUT2D eigenvalue weighted by Gasteiger charge is 2.29. The van der Waals surface area contributed by atoms with Gasteiger partial charge >= 0.3 is 6.03 Å². The number of carbonyl (C=O) groups is 1. The summed E-state index contributed by atoms with van der Waals surface area (Å²) in [5.41, 5.74) is 8.05. The summed E-state index contributed by atoms with van der Waals surface area (Å²) in [6.07, 6.45) is 0.788. The molecule has 8 heteroatoms. The summed E-state index contributed by atoms with van der Waals surface area (Å²) < 4.78 is 20.5. The minimum Gasteiger partial charge on any atom is -0.491 e. The predicted octanol–water partition coefficient (Wildman–Crippen LogP) is 2.48. The SMILES string of the molecule is CCCOc1cc(F)ccc1NC(=O)N1Cc2nn(C)c(N)c2C1. The molecule has 1 aliphatic rings. The van der Waals surface area contributed by atoms with Gasteiger partial charge < -0.3 is 20.7 Å². The molecule has 0 fully saturated rings. The first-order chi connectivity index (χ1) is 11.5. The molecule has 0 saturated carbocycles. The summed E-state index contributed by atoms with van der Waals surface area (Å²) in [4.78, 5) is 14.1. The molecule has 128 valence electrons. The highest BCUT2D eigenvalue weighted by Crippen LogP contribution is 2.29. The Bertz CT molecular complexity index is 774. The first kappa shape index (κ1) is 16.1. The molecule has 0 spiro atoms. The number of nitrogen functional groups attached to an aromatic ring is 1. The van der Waals surface area contributed by atoms with Crippen LogP contribution in [0.3, 0.4) is 0 Å². The van der Waals surface area contributed by atoms with E-state index in [2.05, 4.69) is 10.4 Å². The van der Waals surface area contributed by atoms with Crippen molar-refractivity contribution in [3.8, 4) is 5.75 Å². The quantitative estimate of drug-likeness (QED) is 0.900. The maximum atomic E-state index is 13.4. The summed E-state index contributed by atoms with van der Waals surface area (Å²) >= 11 is 0. The van der Waals surface area contributed by atoms with Crippen LogP contribution in [-0.4, -0.2) is 27.3 Å². The van der Waals surface area contributed by atoms with Crippen molar-refractivity contribution >= 4 is 17.5 Å². The molecule has 3 N–H and O–H groups in total. The van der Waals surface area contributed by atoms with Gasteiger partial charge in [0.1, 0.15) is 17.4 Å². The molecular weight excluding hydrogens is 313 g/mol. The van der Waals surface area contributed by atoms with Gasteiger partial charge in [-0.3, -0.25) is 4.68 Å². The van der Waals surface area contributed by atoms with E-state index in [1.54, 1.807) is 16.6 Å². The zero-order valence-electron chi connectivity index (χ0n) is 13.7. The lowest BCUT2D eigenvalue weighted by molar-refractivity contribution is 0.211. The molecule has 2 heterocycles. The van der Waals surface area contributed by atoms with Crippen molar-refractivity contribution in [2.75, 3.05) is 17.7 Å². The fourth-order valence-corrected chi connectivity index (χ4v) is 2.63. The number of halogens is 1. The number of nitrogens with one attached hydrogen (secondary N) is 1. The van der Waals surface area contributed by atoms with Gasteiger partial charge in [0.15, 0.2) is 0 Å². The van der Waals surface area contributed by atoms with Crippen molar-refractivity contribution in [1.82, 2.24) is 14.7 Å². The number of amides is 2. The fourth-order valence-electron chi connectivity index (χ4n) is 2.63. The maximum absolute atomic E-state index is 13.4. The van der Waals surface area contributed by atoms with E-state index in [1.807, 2.05) is 6.92 Å². The van der Waals surface area contributed by atoms with E-state index in [-0.39, 0.29) is 6.03 Å². The van der Waals surface area contributed by atoms with Gasteiger partial charge in [0.25, 0.3) is 0 Å². The number of rotatable bonds is 4. The lowest BCUT2D eigenvalue weighted by Crippen LogP contribution is -2.31. The molecule has 3 rings (SSSR count). The Kier molecular flexibility index (Phi) is 4.28. The van der Waals surface area contributed by atoms with Crippen LogP contribution in [-0.2, 0) is 20.1 Å². The van der Waals surface area contributed by atoms with Crippen molar-refractivity contribution in [2.45, 2.75) is 26.4 Å². The summed E-state index contributed by atoms with van der Waals surface area (Å²) in [6.45, 7) is 3.19. The number of anilines is 2. The number of nitrogens with two attached hydrogens (primary N) is 1. The number of aromatic nitrogens is 2. The first-order valence-corrected chi connectivity index (χ1v) is 7.78. The van der Waals surface area contributed by atoms with Crippen molar-refractivity contribution in [1.29, 1.82) is 0 Å². The second-order valence-corrected chi connectivity index (χ2v) is 5.71. The Labute approximate surface area is 139 Å². The molecule has 0 radical (unpaired) electrons. The van der Waals surface area contributed by atoms with Gasteiger partial charge in [-0.25, -0.2) is 9.18 Å². The van der Waals surface area contributed by atoms with Crippen LogP contribution in [0.2, 0.25) is 0 Å². The molecule has 1 aromatic heterocycles.